The minimum Gasteiger partial charge on any atom is -0.463 e. The molecule has 23 heavy (non-hydrogen) atoms. The highest BCUT2D eigenvalue weighted by atomic mass is 32.2. The standard InChI is InChI=1S/C16H18O6S/c1-3-21-15(17)11-10-14(12-16(18)22-4-2)23(19,20)13-8-6-5-7-9-13/h5-12H,3-4H2,1-2H3. The average Bonchev–Trinajstić information content (AvgIpc) is 2.52. The Hall–Kier alpha value is -2.41. The minimum atomic E-state index is -3.96. The van der Waals surface area contributed by atoms with E-state index in [0.717, 1.165) is 18.2 Å². The second-order valence-corrected chi connectivity index (χ2v) is 6.15. The molecule has 0 N–H and O–H groups in total. The van der Waals surface area contributed by atoms with Gasteiger partial charge in [0.25, 0.3) is 0 Å². The molecule has 0 aromatic heterocycles. The van der Waals surface area contributed by atoms with Crippen LogP contribution in [0.25, 0.3) is 0 Å². The Morgan fingerprint density at radius 1 is 0.957 bits per heavy atom. The first-order valence-electron chi connectivity index (χ1n) is 6.95. The van der Waals surface area contributed by atoms with Crippen molar-refractivity contribution in [3.63, 3.8) is 0 Å². The summed E-state index contributed by atoms with van der Waals surface area (Å²) in [6.45, 7) is 3.49. The molecule has 124 valence electrons. The number of ether oxygens (including phenoxy) is 2. The van der Waals surface area contributed by atoms with Gasteiger partial charge in [-0.2, -0.15) is 0 Å². The summed E-state index contributed by atoms with van der Waals surface area (Å²) in [7, 11) is -3.96. The molecule has 0 bridgehead atoms. The molecule has 0 aliphatic rings. The predicted octanol–water partition coefficient (Wildman–Crippen LogP) is 2.03. The van der Waals surface area contributed by atoms with Gasteiger partial charge in [-0.25, -0.2) is 18.0 Å². The topological polar surface area (TPSA) is 86.7 Å². The van der Waals surface area contributed by atoms with Crippen molar-refractivity contribution in [2.24, 2.45) is 0 Å². The average molecular weight is 338 g/mol. The highest BCUT2D eigenvalue weighted by molar-refractivity contribution is 7.95. The molecule has 0 saturated carbocycles. The van der Waals surface area contributed by atoms with E-state index in [1.807, 2.05) is 0 Å². The fourth-order valence-corrected chi connectivity index (χ4v) is 2.88. The largest absolute Gasteiger partial charge is 0.463 e. The molecule has 7 heteroatoms. The molecule has 0 fully saturated rings. The maximum absolute atomic E-state index is 12.6. The number of allylic oxidation sites excluding steroid dienone is 1. The van der Waals surface area contributed by atoms with Crippen LogP contribution in [-0.4, -0.2) is 33.6 Å². The van der Waals surface area contributed by atoms with Crippen LogP contribution in [0.3, 0.4) is 0 Å². The van der Waals surface area contributed by atoms with Crippen molar-refractivity contribution in [2.45, 2.75) is 18.7 Å². The Morgan fingerprint density at radius 2 is 1.52 bits per heavy atom. The summed E-state index contributed by atoms with van der Waals surface area (Å²) in [6.07, 6.45) is 2.81. The van der Waals surface area contributed by atoms with Crippen molar-refractivity contribution < 1.29 is 27.5 Å². The fraction of sp³-hybridized carbons (Fsp3) is 0.250. The number of hydrogen-bond donors (Lipinski definition) is 0. The van der Waals surface area contributed by atoms with Crippen molar-refractivity contribution in [1.29, 1.82) is 0 Å². The molecule has 0 unspecified atom stereocenters. The van der Waals surface area contributed by atoms with E-state index in [-0.39, 0.29) is 23.0 Å². The van der Waals surface area contributed by atoms with Crippen molar-refractivity contribution in [3.05, 3.63) is 53.5 Å². The zero-order valence-electron chi connectivity index (χ0n) is 12.9. The third-order valence-corrected chi connectivity index (χ3v) is 4.35. The third-order valence-electron chi connectivity index (χ3n) is 2.58. The van der Waals surface area contributed by atoms with E-state index in [4.69, 9.17) is 9.47 Å². The lowest BCUT2D eigenvalue weighted by atomic mass is 10.4. The molecular formula is C16H18O6S. The van der Waals surface area contributed by atoms with Gasteiger partial charge >= 0.3 is 11.9 Å². The summed E-state index contributed by atoms with van der Waals surface area (Å²) in [4.78, 5) is 22.6. The van der Waals surface area contributed by atoms with Gasteiger partial charge in [0, 0.05) is 12.2 Å². The van der Waals surface area contributed by atoms with Crippen LogP contribution in [0.1, 0.15) is 13.8 Å². The van der Waals surface area contributed by atoms with Crippen LogP contribution in [0.4, 0.5) is 0 Å². The van der Waals surface area contributed by atoms with E-state index >= 15 is 0 Å². The molecule has 0 radical (unpaired) electrons. The van der Waals surface area contributed by atoms with Gasteiger partial charge in [-0.05, 0) is 32.1 Å². The normalized spacial score (nSPS) is 12.2. The predicted molar refractivity (Wildman–Crippen MR) is 84.1 cm³/mol. The monoisotopic (exact) mass is 338 g/mol. The molecule has 0 aliphatic heterocycles. The van der Waals surface area contributed by atoms with E-state index in [1.54, 1.807) is 32.0 Å². The van der Waals surface area contributed by atoms with E-state index < -0.39 is 21.8 Å². The van der Waals surface area contributed by atoms with Gasteiger partial charge in [0.15, 0.2) is 0 Å². The lowest BCUT2D eigenvalue weighted by Crippen LogP contribution is -2.08. The number of carbonyl (C=O) groups is 2. The van der Waals surface area contributed by atoms with Crippen LogP contribution in [0.5, 0.6) is 0 Å². The van der Waals surface area contributed by atoms with Gasteiger partial charge in [0.2, 0.25) is 9.84 Å². The van der Waals surface area contributed by atoms with Crippen molar-refractivity contribution in [2.75, 3.05) is 13.2 Å². The molecule has 0 spiro atoms. The Labute approximate surface area is 135 Å². The van der Waals surface area contributed by atoms with Crippen LogP contribution < -0.4 is 0 Å². The van der Waals surface area contributed by atoms with Crippen molar-refractivity contribution in [1.82, 2.24) is 0 Å². The molecule has 0 amide bonds. The number of rotatable bonds is 7. The summed E-state index contributed by atoms with van der Waals surface area (Å²) in [6, 6.07) is 7.58. The first kappa shape index (κ1) is 18.6. The van der Waals surface area contributed by atoms with Gasteiger partial charge < -0.3 is 9.47 Å². The molecule has 0 saturated heterocycles. The summed E-state index contributed by atoms with van der Waals surface area (Å²) < 4.78 is 34.6. The quantitative estimate of drug-likeness (QED) is 0.429. The van der Waals surface area contributed by atoms with E-state index in [1.165, 1.54) is 12.1 Å². The van der Waals surface area contributed by atoms with Gasteiger partial charge in [0.05, 0.1) is 23.0 Å². The number of sulfone groups is 1. The summed E-state index contributed by atoms with van der Waals surface area (Å²) in [5.41, 5.74) is 0. The van der Waals surface area contributed by atoms with E-state index in [2.05, 4.69) is 0 Å². The second kappa shape index (κ2) is 8.89. The lowest BCUT2D eigenvalue weighted by molar-refractivity contribution is -0.138. The lowest BCUT2D eigenvalue weighted by Gasteiger charge is -2.06. The van der Waals surface area contributed by atoms with E-state index in [0.29, 0.717) is 0 Å². The smallest absolute Gasteiger partial charge is 0.332 e. The first-order valence-corrected chi connectivity index (χ1v) is 8.43. The maximum Gasteiger partial charge on any atom is 0.332 e. The number of benzene rings is 1. The first-order chi connectivity index (χ1) is 10.9. The molecule has 6 nitrogen and oxygen atoms in total. The molecular weight excluding hydrogens is 320 g/mol. The SMILES string of the molecule is CCOC(=O)C=CC(=CC(=O)OCC)S(=O)(=O)c1ccccc1. The van der Waals surface area contributed by atoms with Gasteiger partial charge in [-0.3, -0.25) is 0 Å². The van der Waals surface area contributed by atoms with Crippen LogP contribution in [0.15, 0.2) is 58.4 Å². The zero-order chi connectivity index (χ0) is 17.3. The fourth-order valence-electron chi connectivity index (χ4n) is 1.59. The van der Waals surface area contributed by atoms with Crippen molar-refractivity contribution in [3.8, 4) is 0 Å². The number of carbonyl (C=O) groups excluding carboxylic acids is 2. The summed E-state index contributed by atoms with van der Waals surface area (Å²) in [5, 5.41) is 0. The third kappa shape index (κ3) is 5.71. The molecule has 1 aromatic rings. The highest BCUT2D eigenvalue weighted by Crippen LogP contribution is 2.20. The van der Waals surface area contributed by atoms with E-state index in [9.17, 15) is 18.0 Å². The molecule has 0 aliphatic carbocycles. The number of hydrogen-bond acceptors (Lipinski definition) is 6. The zero-order valence-corrected chi connectivity index (χ0v) is 13.7. The van der Waals surface area contributed by atoms with Crippen LogP contribution in [-0.2, 0) is 28.9 Å². The van der Waals surface area contributed by atoms with Crippen LogP contribution in [0.2, 0.25) is 0 Å². The Balaban J connectivity index is 3.24. The number of esters is 2. The van der Waals surface area contributed by atoms with Gasteiger partial charge in [0.1, 0.15) is 0 Å². The highest BCUT2D eigenvalue weighted by Gasteiger charge is 2.20. The molecule has 1 aromatic carbocycles. The molecule has 0 heterocycles. The molecule has 0 atom stereocenters. The Kier molecular flexibility index (Phi) is 7.21. The Morgan fingerprint density at radius 3 is 2.09 bits per heavy atom. The minimum absolute atomic E-state index is 0.00376. The van der Waals surface area contributed by atoms with Crippen molar-refractivity contribution >= 4 is 21.8 Å². The molecule has 1 rings (SSSR count). The van der Waals surface area contributed by atoms with Gasteiger partial charge in [-0.1, -0.05) is 18.2 Å². The summed E-state index contributed by atoms with van der Waals surface area (Å²) >= 11 is 0. The Bertz CT molecular complexity index is 701. The summed E-state index contributed by atoms with van der Waals surface area (Å²) in [5.74, 6) is -1.51. The second-order valence-electron chi connectivity index (χ2n) is 4.20. The van der Waals surface area contributed by atoms with Crippen LogP contribution >= 0.6 is 0 Å². The maximum atomic E-state index is 12.6. The van der Waals surface area contributed by atoms with Gasteiger partial charge in [-0.15, -0.1) is 0 Å². The van der Waals surface area contributed by atoms with Crippen LogP contribution in [0, 0.1) is 0 Å².